The molecule has 1 aliphatic rings. The Morgan fingerprint density at radius 2 is 1.67 bits per heavy atom. The van der Waals surface area contributed by atoms with E-state index in [9.17, 15) is 8.42 Å². The van der Waals surface area contributed by atoms with Gasteiger partial charge in [0, 0.05) is 23.6 Å². The molecule has 0 unspecified atom stereocenters. The molecule has 0 amide bonds. The van der Waals surface area contributed by atoms with Gasteiger partial charge in [0.1, 0.15) is 5.82 Å². The Morgan fingerprint density at radius 1 is 1.11 bits per heavy atom. The van der Waals surface area contributed by atoms with Crippen LogP contribution in [0.4, 0.5) is 0 Å². The lowest BCUT2D eigenvalue weighted by Crippen LogP contribution is -2.10. The molecule has 0 spiro atoms. The second kappa shape index (κ2) is 5.57. The molecular formula is C11H18ClN3O2S. The average molecular weight is 292 g/mol. The third-order valence-corrected chi connectivity index (χ3v) is 4.76. The molecular weight excluding hydrogens is 274 g/mol. The zero-order chi connectivity index (χ0) is 13.2. The molecule has 2 rings (SSSR count). The molecule has 5 nitrogen and oxygen atoms in total. The quantitative estimate of drug-likeness (QED) is 0.786. The first-order chi connectivity index (χ1) is 8.50. The van der Waals surface area contributed by atoms with Gasteiger partial charge in [-0.05, 0) is 12.8 Å². The van der Waals surface area contributed by atoms with Gasteiger partial charge in [0.2, 0.25) is 0 Å². The number of hydrogen-bond donors (Lipinski definition) is 0. The predicted octanol–water partition coefficient (Wildman–Crippen LogP) is 2.57. The smallest absolute Gasteiger partial charge is 0.296 e. The van der Waals surface area contributed by atoms with Crippen molar-refractivity contribution in [2.75, 3.05) is 0 Å². The van der Waals surface area contributed by atoms with Crippen LogP contribution in [0.5, 0.6) is 0 Å². The van der Waals surface area contributed by atoms with Gasteiger partial charge in [-0.1, -0.05) is 32.1 Å². The fraction of sp³-hybridized carbons (Fsp3) is 0.818. The monoisotopic (exact) mass is 291 g/mol. The molecule has 1 fully saturated rings. The third-order valence-electron chi connectivity index (χ3n) is 3.56. The zero-order valence-electron chi connectivity index (χ0n) is 10.5. The van der Waals surface area contributed by atoms with Gasteiger partial charge in [-0.2, -0.15) is 0 Å². The van der Waals surface area contributed by atoms with Gasteiger partial charge in [0.15, 0.2) is 0 Å². The molecule has 1 aromatic heterocycles. The maximum absolute atomic E-state index is 11.3. The molecule has 18 heavy (non-hydrogen) atoms. The van der Waals surface area contributed by atoms with Gasteiger partial charge >= 0.3 is 0 Å². The number of hydrogen-bond acceptors (Lipinski definition) is 4. The van der Waals surface area contributed by atoms with Gasteiger partial charge in [-0.25, -0.2) is 8.42 Å². The normalized spacial score (nSPS) is 19.4. The molecule has 0 bridgehead atoms. The lowest BCUT2D eigenvalue weighted by molar-refractivity contribution is 0.432. The minimum atomic E-state index is -3.81. The minimum absolute atomic E-state index is 0.152. The molecule has 1 saturated carbocycles. The van der Waals surface area contributed by atoms with Crippen LogP contribution in [-0.2, 0) is 16.1 Å². The molecule has 0 radical (unpaired) electrons. The van der Waals surface area contributed by atoms with Gasteiger partial charge in [-0.3, -0.25) is 0 Å². The molecule has 0 aromatic carbocycles. The van der Waals surface area contributed by atoms with Crippen molar-refractivity contribution in [3.8, 4) is 0 Å². The Hall–Kier alpha value is -0.620. The highest BCUT2D eigenvalue weighted by Gasteiger charge is 2.25. The fourth-order valence-corrected chi connectivity index (χ4v) is 3.57. The predicted molar refractivity (Wildman–Crippen MR) is 69.1 cm³/mol. The summed E-state index contributed by atoms with van der Waals surface area (Å²) in [7, 11) is 3.19. The molecule has 7 heteroatoms. The van der Waals surface area contributed by atoms with Crippen LogP contribution in [-0.4, -0.2) is 23.2 Å². The standard InChI is InChI=1S/C11H18ClN3O2S/c1-15-10(13-14-11(15)18(12,16)17)9-7-5-3-2-4-6-8-9/h9H,2-8H2,1H3. The molecule has 102 valence electrons. The minimum Gasteiger partial charge on any atom is -0.304 e. The Labute approximate surface area is 112 Å². The van der Waals surface area contributed by atoms with Crippen molar-refractivity contribution in [1.29, 1.82) is 0 Å². The highest BCUT2D eigenvalue weighted by atomic mass is 35.7. The highest BCUT2D eigenvalue weighted by Crippen LogP contribution is 2.30. The largest absolute Gasteiger partial charge is 0.304 e. The van der Waals surface area contributed by atoms with E-state index in [1.807, 2.05) is 0 Å². The molecule has 1 heterocycles. The Bertz CT molecular complexity index is 504. The van der Waals surface area contributed by atoms with E-state index in [0.29, 0.717) is 5.92 Å². The van der Waals surface area contributed by atoms with Crippen LogP contribution < -0.4 is 0 Å². The van der Waals surface area contributed by atoms with Crippen LogP contribution in [0.2, 0.25) is 0 Å². The summed E-state index contributed by atoms with van der Waals surface area (Å²) in [5.41, 5.74) is 0. The van der Waals surface area contributed by atoms with Gasteiger partial charge in [0.25, 0.3) is 14.2 Å². The molecule has 1 aliphatic carbocycles. The summed E-state index contributed by atoms with van der Waals surface area (Å²) in [5, 5.41) is 7.59. The summed E-state index contributed by atoms with van der Waals surface area (Å²) in [6.45, 7) is 0. The highest BCUT2D eigenvalue weighted by molar-refractivity contribution is 8.13. The summed E-state index contributed by atoms with van der Waals surface area (Å²) >= 11 is 0. The van der Waals surface area contributed by atoms with Crippen molar-refractivity contribution in [2.45, 2.75) is 56.0 Å². The van der Waals surface area contributed by atoms with Gasteiger partial charge < -0.3 is 4.57 Å². The third kappa shape index (κ3) is 3.03. The van der Waals surface area contributed by atoms with Crippen molar-refractivity contribution in [3.63, 3.8) is 0 Å². The first kappa shape index (κ1) is 13.8. The van der Waals surface area contributed by atoms with Crippen molar-refractivity contribution < 1.29 is 8.42 Å². The van der Waals surface area contributed by atoms with Crippen LogP contribution >= 0.6 is 10.7 Å². The Morgan fingerprint density at radius 3 is 2.17 bits per heavy atom. The molecule has 0 N–H and O–H groups in total. The van der Waals surface area contributed by atoms with E-state index in [4.69, 9.17) is 10.7 Å². The molecule has 1 aromatic rings. The van der Waals surface area contributed by atoms with E-state index >= 15 is 0 Å². The van der Waals surface area contributed by atoms with Crippen LogP contribution in [0.1, 0.15) is 56.7 Å². The Balaban J connectivity index is 2.24. The number of halogens is 1. The van der Waals surface area contributed by atoms with E-state index in [-0.39, 0.29) is 5.16 Å². The zero-order valence-corrected chi connectivity index (χ0v) is 12.0. The fourth-order valence-electron chi connectivity index (χ4n) is 2.61. The number of aromatic nitrogens is 3. The van der Waals surface area contributed by atoms with E-state index < -0.39 is 9.05 Å². The van der Waals surface area contributed by atoms with E-state index in [1.165, 1.54) is 36.7 Å². The van der Waals surface area contributed by atoms with Crippen LogP contribution in [0.3, 0.4) is 0 Å². The lowest BCUT2D eigenvalue weighted by atomic mass is 9.90. The summed E-state index contributed by atoms with van der Waals surface area (Å²) in [6.07, 6.45) is 8.22. The topological polar surface area (TPSA) is 64.8 Å². The summed E-state index contributed by atoms with van der Waals surface area (Å²) in [4.78, 5) is 0. The van der Waals surface area contributed by atoms with Gasteiger partial charge in [0.05, 0.1) is 0 Å². The van der Waals surface area contributed by atoms with Crippen molar-refractivity contribution >= 4 is 19.7 Å². The van der Waals surface area contributed by atoms with E-state index in [0.717, 1.165) is 18.7 Å². The van der Waals surface area contributed by atoms with Crippen LogP contribution in [0.15, 0.2) is 5.16 Å². The first-order valence-corrected chi connectivity index (χ1v) is 8.65. The molecule has 0 saturated heterocycles. The first-order valence-electron chi connectivity index (χ1n) is 6.34. The molecule has 0 atom stereocenters. The van der Waals surface area contributed by atoms with Crippen LogP contribution in [0.25, 0.3) is 0 Å². The second-order valence-electron chi connectivity index (χ2n) is 4.88. The summed E-state index contributed by atoms with van der Waals surface area (Å²) in [6, 6.07) is 0. The maximum Gasteiger partial charge on any atom is 0.296 e. The number of rotatable bonds is 2. The van der Waals surface area contributed by atoms with Crippen LogP contribution in [0, 0.1) is 0 Å². The average Bonchev–Trinajstić information content (AvgIpc) is 2.59. The molecule has 0 aliphatic heterocycles. The summed E-state index contributed by atoms with van der Waals surface area (Å²) in [5.74, 6) is 1.05. The van der Waals surface area contributed by atoms with Crippen molar-refractivity contribution in [1.82, 2.24) is 14.8 Å². The van der Waals surface area contributed by atoms with E-state index in [1.54, 1.807) is 7.05 Å². The van der Waals surface area contributed by atoms with E-state index in [2.05, 4.69) is 10.2 Å². The SMILES string of the molecule is Cn1c(C2CCCCCCC2)nnc1S(=O)(=O)Cl. The number of nitrogens with zero attached hydrogens (tertiary/aromatic N) is 3. The van der Waals surface area contributed by atoms with Crippen molar-refractivity contribution in [2.24, 2.45) is 7.05 Å². The van der Waals surface area contributed by atoms with Gasteiger partial charge in [-0.15, -0.1) is 10.2 Å². The lowest BCUT2D eigenvalue weighted by Gasteiger charge is -2.18. The Kier molecular flexibility index (Phi) is 4.27. The second-order valence-corrected chi connectivity index (χ2v) is 7.34. The maximum atomic E-state index is 11.3. The van der Waals surface area contributed by atoms with Crippen molar-refractivity contribution in [3.05, 3.63) is 5.82 Å². The summed E-state index contributed by atoms with van der Waals surface area (Å²) < 4.78 is 24.2.